The second-order valence-corrected chi connectivity index (χ2v) is 3.45. The van der Waals surface area contributed by atoms with Crippen LogP contribution in [0, 0.1) is 5.41 Å². The smallest absolute Gasteiger partial charge is 0.133 e. The summed E-state index contributed by atoms with van der Waals surface area (Å²) in [6, 6.07) is 5.72. The van der Waals surface area contributed by atoms with Crippen LogP contribution in [0.5, 0.6) is 0 Å². The first kappa shape index (κ1) is 7.24. The number of thiophene rings is 1. The van der Waals surface area contributed by atoms with Gasteiger partial charge < -0.3 is 5.73 Å². The zero-order valence-corrected chi connectivity index (χ0v) is 7.06. The van der Waals surface area contributed by atoms with E-state index >= 15 is 0 Å². The molecule has 0 fully saturated rings. The highest BCUT2D eigenvalue weighted by molar-refractivity contribution is 7.20. The van der Waals surface area contributed by atoms with Gasteiger partial charge in [0.1, 0.15) is 10.7 Å². The van der Waals surface area contributed by atoms with Crippen LogP contribution in [0.15, 0.2) is 24.4 Å². The molecule has 4 heteroatoms. The lowest BCUT2D eigenvalue weighted by atomic mass is 10.3. The fraction of sp³-hybridized carbons (Fsp3) is 0. The fourth-order valence-electron chi connectivity index (χ4n) is 1.01. The molecule has 0 bridgehead atoms. The average Bonchev–Trinajstić information content (AvgIpc) is 2.46. The number of nitrogens with two attached hydrogens (primary N) is 1. The van der Waals surface area contributed by atoms with Crippen LogP contribution in [0.3, 0.4) is 0 Å². The molecule has 2 aromatic heterocycles. The minimum Gasteiger partial charge on any atom is -0.383 e. The zero-order chi connectivity index (χ0) is 8.55. The lowest BCUT2D eigenvalue weighted by molar-refractivity contribution is 1.45. The van der Waals surface area contributed by atoms with Crippen LogP contribution in [0.25, 0.3) is 10.2 Å². The van der Waals surface area contributed by atoms with Crippen molar-refractivity contribution in [1.29, 1.82) is 5.41 Å². The number of rotatable bonds is 1. The molecular formula is C8H7N3S. The molecule has 0 aromatic carbocycles. The Morgan fingerprint density at radius 2 is 2.42 bits per heavy atom. The van der Waals surface area contributed by atoms with Crippen molar-refractivity contribution in [3.8, 4) is 0 Å². The van der Waals surface area contributed by atoms with Gasteiger partial charge in [0, 0.05) is 11.6 Å². The van der Waals surface area contributed by atoms with Gasteiger partial charge in [-0.25, -0.2) is 4.98 Å². The van der Waals surface area contributed by atoms with E-state index in [1.807, 2.05) is 18.2 Å². The summed E-state index contributed by atoms with van der Waals surface area (Å²) in [7, 11) is 0. The first-order valence-corrected chi connectivity index (χ1v) is 4.28. The van der Waals surface area contributed by atoms with E-state index < -0.39 is 0 Å². The predicted molar refractivity (Wildman–Crippen MR) is 50.6 cm³/mol. The van der Waals surface area contributed by atoms with Gasteiger partial charge in [-0.1, -0.05) is 6.07 Å². The highest BCUT2D eigenvalue weighted by Crippen LogP contribution is 2.22. The number of aromatic nitrogens is 1. The number of fused-ring (bicyclic) bond motifs is 1. The minimum absolute atomic E-state index is 0.109. The van der Waals surface area contributed by atoms with E-state index in [0.717, 1.165) is 15.1 Å². The molecule has 0 atom stereocenters. The summed E-state index contributed by atoms with van der Waals surface area (Å²) in [6.07, 6.45) is 1.74. The topological polar surface area (TPSA) is 62.8 Å². The molecule has 3 N–H and O–H groups in total. The van der Waals surface area contributed by atoms with Crippen LogP contribution in [-0.4, -0.2) is 10.8 Å². The van der Waals surface area contributed by atoms with Crippen molar-refractivity contribution in [1.82, 2.24) is 4.98 Å². The van der Waals surface area contributed by atoms with Crippen molar-refractivity contribution in [2.24, 2.45) is 5.73 Å². The van der Waals surface area contributed by atoms with Gasteiger partial charge in [0.25, 0.3) is 0 Å². The molecule has 2 heterocycles. The second-order valence-electron chi connectivity index (χ2n) is 2.42. The zero-order valence-electron chi connectivity index (χ0n) is 6.24. The molecule has 0 aliphatic carbocycles. The molecule has 0 aliphatic rings. The number of amidine groups is 1. The Bertz CT molecular complexity index is 400. The van der Waals surface area contributed by atoms with Crippen LogP contribution >= 0.6 is 11.3 Å². The van der Waals surface area contributed by atoms with Crippen molar-refractivity contribution in [3.63, 3.8) is 0 Å². The Morgan fingerprint density at radius 3 is 3.08 bits per heavy atom. The molecule has 0 saturated heterocycles. The quantitative estimate of drug-likeness (QED) is 0.513. The standard InChI is InChI=1S/C8H7N3S/c9-7(10)6-4-5-2-1-3-11-8(5)12-6/h1-4H,(H3,9,10). The Balaban J connectivity index is 2.70. The average molecular weight is 177 g/mol. The highest BCUT2D eigenvalue weighted by atomic mass is 32.1. The summed E-state index contributed by atoms with van der Waals surface area (Å²) in [5, 5.41) is 8.28. The Kier molecular flexibility index (Phi) is 1.55. The monoisotopic (exact) mass is 177 g/mol. The van der Waals surface area contributed by atoms with E-state index in [-0.39, 0.29) is 5.84 Å². The molecule has 0 saturated carbocycles. The highest BCUT2D eigenvalue weighted by Gasteiger charge is 2.02. The molecule has 2 aromatic rings. The van der Waals surface area contributed by atoms with E-state index in [0.29, 0.717) is 0 Å². The van der Waals surface area contributed by atoms with Crippen molar-refractivity contribution >= 4 is 27.4 Å². The third-order valence-electron chi connectivity index (χ3n) is 1.56. The Morgan fingerprint density at radius 1 is 1.58 bits per heavy atom. The summed E-state index contributed by atoms with van der Waals surface area (Å²) in [6.45, 7) is 0. The first-order valence-electron chi connectivity index (χ1n) is 3.46. The Hall–Kier alpha value is -1.42. The molecule has 2 rings (SSSR count). The lowest BCUT2D eigenvalue weighted by Gasteiger charge is -1.85. The summed E-state index contributed by atoms with van der Waals surface area (Å²) in [5.41, 5.74) is 5.34. The van der Waals surface area contributed by atoms with E-state index in [4.69, 9.17) is 11.1 Å². The largest absolute Gasteiger partial charge is 0.383 e. The van der Waals surface area contributed by atoms with Gasteiger partial charge in [0.15, 0.2) is 0 Å². The minimum atomic E-state index is 0.109. The van der Waals surface area contributed by atoms with Gasteiger partial charge >= 0.3 is 0 Å². The maximum absolute atomic E-state index is 7.23. The summed E-state index contributed by atoms with van der Waals surface area (Å²) in [4.78, 5) is 5.86. The SMILES string of the molecule is N=C(N)c1cc2cccnc2s1. The van der Waals surface area contributed by atoms with Crippen molar-refractivity contribution in [2.45, 2.75) is 0 Å². The van der Waals surface area contributed by atoms with Crippen molar-refractivity contribution in [3.05, 3.63) is 29.3 Å². The molecule has 3 nitrogen and oxygen atoms in total. The summed E-state index contributed by atoms with van der Waals surface area (Å²) >= 11 is 1.44. The number of hydrogen-bond acceptors (Lipinski definition) is 3. The lowest BCUT2D eigenvalue weighted by Crippen LogP contribution is -2.08. The normalized spacial score (nSPS) is 10.3. The summed E-state index contributed by atoms with van der Waals surface area (Å²) < 4.78 is 0. The number of nitrogens with one attached hydrogen (secondary N) is 1. The maximum Gasteiger partial charge on any atom is 0.133 e. The molecule has 60 valence electrons. The second kappa shape index (κ2) is 2.57. The fourth-order valence-corrected chi connectivity index (χ4v) is 1.87. The number of nitrogens with zero attached hydrogens (tertiary/aromatic N) is 1. The maximum atomic E-state index is 7.23. The van der Waals surface area contributed by atoms with E-state index in [1.165, 1.54) is 11.3 Å². The third kappa shape index (κ3) is 1.06. The number of pyridine rings is 1. The van der Waals surface area contributed by atoms with Gasteiger partial charge in [0.2, 0.25) is 0 Å². The molecule has 0 amide bonds. The molecule has 0 unspecified atom stereocenters. The molecule has 12 heavy (non-hydrogen) atoms. The first-order chi connectivity index (χ1) is 5.77. The predicted octanol–water partition coefficient (Wildman–Crippen LogP) is 1.58. The van der Waals surface area contributed by atoms with Gasteiger partial charge in [-0.2, -0.15) is 0 Å². The van der Waals surface area contributed by atoms with Gasteiger partial charge in [-0.05, 0) is 12.1 Å². The van der Waals surface area contributed by atoms with Gasteiger partial charge in [-0.3, -0.25) is 5.41 Å². The van der Waals surface area contributed by atoms with Crippen LogP contribution in [0.2, 0.25) is 0 Å². The van der Waals surface area contributed by atoms with E-state index in [9.17, 15) is 0 Å². The third-order valence-corrected chi connectivity index (χ3v) is 2.65. The van der Waals surface area contributed by atoms with E-state index in [2.05, 4.69) is 4.98 Å². The van der Waals surface area contributed by atoms with Gasteiger partial charge in [0.05, 0.1) is 4.88 Å². The van der Waals surface area contributed by atoms with Crippen LogP contribution < -0.4 is 5.73 Å². The molecular weight excluding hydrogens is 170 g/mol. The van der Waals surface area contributed by atoms with E-state index in [1.54, 1.807) is 6.20 Å². The van der Waals surface area contributed by atoms with Crippen LogP contribution in [-0.2, 0) is 0 Å². The summed E-state index contributed by atoms with van der Waals surface area (Å²) in [5.74, 6) is 0.109. The van der Waals surface area contributed by atoms with Crippen molar-refractivity contribution in [2.75, 3.05) is 0 Å². The molecule has 0 radical (unpaired) electrons. The number of hydrogen-bond donors (Lipinski definition) is 2. The molecule has 0 spiro atoms. The number of nitrogen functional groups attached to an aromatic ring is 1. The molecule has 0 aliphatic heterocycles. The van der Waals surface area contributed by atoms with Gasteiger partial charge in [-0.15, -0.1) is 11.3 Å². The Labute approximate surface area is 73.4 Å². The van der Waals surface area contributed by atoms with Crippen LogP contribution in [0.4, 0.5) is 0 Å². The van der Waals surface area contributed by atoms with Crippen LogP contribution in [0.1, 0.15) is 4.88 Å². The van der Waals surface area contributed by atoms with Crippen molar-refractivity contribution < 1.29 is 0 Å².